The lowest BCUT2D eigenvalue weighted by Crippen LogP contribution is -2.32. The van der Waals surface area contributed by atoms with Crippen molar-refractivity contribution in [3.8, 4) is 5.75 Å². The fourth-order valence-corrected chi connectivity index (χ4v) is 2.04. The minimum absolute atomic E-state index is 0.0790. The van der Waals surface area contributed by atoms with Gasteiger partial charge in [0.25, 0.3) is 11.5 Å². The van der Waals surface area contributed by atoms with Crippen molar-refractivity contribution < 1.29 is 15.0 Å². The number of hydrogen-bond acceptors (Lipinski definition) is 5. The first-order valence-corrected chi connectivity index (χ1v) is 6.15. The molecule has 0 unspecified atom stereocenters. The predicted octanol–water partition coefficient (Wildman–Crippen LogP) is -0.156. The van der Waals surface area contributed by atoms with Gasteiger partial charge in [-0.3, -0.25) is 14.6 Å². The van der Waals surface area contributed by atoms with Crippen LogP contribution in [0.15, 0.2) is 23.1 Å². The number of amides is 1. The van der Waals surface area contributed by atoms with Crippen LogP contribution in [-0.4, -0.2) is 39.3 Å². The molecule has 0 atom stereocenters. The van der Waals surface area contributed by atoms with Gasteiger partial charge in [0.1, 0.15) is 11.1 Å². The lowest BCUT2D eigenvalue weighted by Gasteiger charge is -2.13. The molecule has 0 radical (unpaired) electrons. The Kier molecular flexibility index (Phi) is 3.99. The van der Waals surface area contributed by atoms with Crippen molar-refractivity contribution in [3.05, 3.63) is 34.2 Å². The zero-order valence-corrected chi connectivity index (χ0v) is 11.0. The van der Waals surface area contributed by atoms with Gasteiger partial charge in [-0.2, -0.15) is 0 Å². The standard InChI is InChI=1S/C13H15N3O4/c1-14-12(19)9-11(18)10-8(4-2-5-15-10)16(13(9)20)6-3-7-17/h2,4-5,17-18H,3,6-7H2,1H3,(H,14,19). The molecule has 2 aromatic rings. The van der Waals surface area contributed by atoms with E-state index in [1.807, 2.05) is 0 Å². The van der Waals surface area contributed by atoms with Crippen LogP contribution >= 0.6 is 0 Å². The van der Waals surface area contributed by atoms with Crippen LogP contribution < -0.4 is 10.9 Å². The number of hydrogen-bond donors (Lipinski definition) is 3. The second kappa shape index (κ2) is 5.70. The van der Waals surface area contributed by atoms with E-state index in [1.54, 1.807) is 12.1 Å². The Bertz CT molecular complexity index is 709. The number of aryl methyl sites for hydroxylation is 1. The van der Waals surface area contributed by atoms with E-state index >= 15 is 0 Å². The zero-order chi connectivity index (χ0) is 14.7. The monoisotopic (exact) mass is 277 g/mol. The summed E-state index contributed by atoms with van der Waals surface area (Å²) >= 11 is 0. The molecule has 0 spiro atoms. The molecule has 0 fully saturated rings. The van der Waals surface area contributed by atoms with E-state index in [9.17, 15) is 14.7 Å². The number of carbonyl (C=O) groups excluding carboxylic acids is 1. The van der Waals surface area contributed by atoms with Crippen LogP contribution in [0.25, 0.3) is 11.0 Å². The van der Waals surface area contributed by atoms with Gasteiger partial charge in [0.15, 0.2) is 5.75 Å². The highest BCUT2D eigenvalue weighted by molar-refractivity contribution is 6.01. The number of carbonyl (C=O) groups is 1. The van der Waals surface area contributed by atoms with Crippen LogP contribution in [0.4, 0.5) is 0 Å². The number of nitrogens with zero attached hydrogens (tertiary/aromatic N) is 2. The predicted molar refractivity (Wildman–Crippen MR) is 72.8 cm³/mol. The molecule has 0 aromatic carbocycles. The summed E-state index contributed by atoms with van der Waals surface area (Å²) in [5.41, 5.74) is -0.327. The number of nitrogens with one attached hydrogen (secondary N) is 1. The van der Waals surface area contributed by atoms with Crippen molar-refractivity contribution in [1.82, 2.24) is 14.9 Å². The molecule has 2 heterocycles. The summed E-state index contributed by atoms with van der Waals surface area (Å²) in [5, 5.41) is 21.3. The Morgan fingerprint density at radius 2 is 2.25 bits per heavy atom. The van der Waals surface area contributed by atoms with Crippen molar-refractivity contribution in [3.63, 3.8) is 0 Å². The molecule has 2 aromatic heterocycles. The smallest absolute Gasteiger partial charge is 0.267 e. The Balaban J connectivity index is 2.81. The van der Waals surface area contributed by atoms with Crippen LogP contribution in [0.3, 0.4) is 0 Å². The highest BCUT2D eigenvalue weighted by atomic mass is 16.3. The molecule has 0 aliphatic carbocycles. The van der Waals surface area contributed by atoms with Gasteiger partial charge in [-0.1, -0.05) is 0 Å². The SMILES string of the molecule is CNC(=O)c1c(O)c2ncccc2n(CCCO)c1=O. The fraction of sp³-hybridized carbons (Fsp3) is 0.308. The largest absolute Gasteiger partial charge is 0.505 e. The third kappa shape index (κ3) is 2.23. The number of rotatable bonds is 4. The molecular formula is C13H15N3O4. The molecule has 0 aliphatic heterocycles. The number of aliphatic hydroxyl groups excluding tert-OH is 1. The molecule has 20 heavy (non-hydrogen) atoms. The number of aliphatic hydroxyl groups is 1. The molecule has 7 heteroatoms. The normalized spacial score (nSPS) is 10.7. The average molecular weight is 277 g/mol. The lowest BCUT2D eigenvalue weighted by molar-refractivity contribution is 0.0958. The van der Waals surface area contributed by atoms with Crippen LogP contribution in [-0.2, 0) is 6.54 Å². The van der Waals surface area contributed by atoms with Crippen molar-refractivity contribution in [2.45, 2.75) is 13.0 Å². The first-order valence-electron chi connectivity index (χ1n) is 6.15. The summed E-state index contributed by atoms with van der Waals surface area (Å²) in [6.45, 7) is 0.159. The van der Waals surface area contributed by atoms with Crippen LogP contribution in [0, 0.1) is 0 Å². The molecule has 0 bridgehead atoms. The Hall–Kier alpha value is -2.41. The maximum absolute atomic E-state index is 12.3. The van der Waals surface area contributed by atoms with E-state index in [0.717, 1.165) is 0 Å². The Morgan fingerprint density at radius 3 is 2.90 bits per heavy atom. The number of pyridine rings is 2. The lowest BCUT2D eigenvalue weighted by atomic mass is 10.1. The molecule has 7 nitrogen and oxygen atoms in total. The van der Waals surface area contributed by atoms with Crippen molar-refractivity contribution in [2.24, 2.45) is 0 Å². The van der Waals surface area contributed by atoms with E-state index in [1.165, 1.54) is 17.8 Å². The maximum atomic E-state index is 12.3. The number of aromatic hydroxyl groups is 1. The first-order chi connectivity index (χ1) is 9.61. The van der Waals surface area contributed by atoms with E-state index < -0.39 is 17.2 Å². The number of aromatic nitrogens is 2. The van der Waals surface area contributed by atoms with Gasteiger partial charge in [-0.15, -0.1) is 0 Å². The van der Waals surface area contributed by atoms with Gasteiger partial charge >= 0.3 is 0 Å². The van der Waals surface area contributed by atoms with Gasteiger partial charge in [0.05, 0.1) is 5.52 Å². The topological polar surface area (TPSA) is 104 Å². The van der Waals surface area contributed by atoms with Crippen LogP contribution in [0.2, 0.25) is 0 Å². The van der Waals surface area contributed by atoms with E-state index in [-0.39, 0.29) is 24.2 Å². The Labute approximate surface area is 114 Å². The summed E-state index contributed by atoms with van der Waals surface area (Å²) in [4.78, 5) is 28.1. The highest BCUT2D eigenvalue weighted by Gasteiger charge is 2.21. The minimum atomic E-state index is -0.669. The van der Waals surface area contributed by atoms with Gasteiger partial charge in [0, 0.05) is 26.4 Å². The molecule has 106 valence electrons. The molecule has 2 rings (SSSR count). The van der Waals surface area contributed by atoms with Crippen molar-refractivity contribution >= 4 is 16.9 Å². The molecule has 1 amide bonds. The second-order valence-corrected chi connectivity index (χ2v) is 4.21. The molecule has 0 saturated heterocycles. The van der Waals surface area contributed by atoms with Crippen LogP contribution in [0.1, 0.15) is 16.8 Å². The van der Waals surface area contributed by atoms with E-state index in [0.29, 0.717) is 11.9 Å². The molecule has 0 aliphatic rings. The summed E-state index contributed by atoms with van der Waals surface area (Å²) < 4.78 is 1.34. The third-order valence-corrected chi connectivity index (χ3v) is 2.99. The van der Waals surface area contributed by atoms with Gasteiger partial charge < -0.3 is 20.1 Å². The van der Waals surface area contributed by atoms with Crippen molar-refractivity contribution in [1.29, 1.82) is 0 Å². The summed E-state index contributed by atoms with van der Waals surface area (Å²) in [6.07, 6.45) is 1.83. The maximum Gasteiger partial charge on any atom is 0.267 e. The fourth-order valence-electron chi connectivity index (χ4n) is 2.04. The second-order valence-electron chi connectivity index (χ2n) is 4.21. The van der Waals surface area contributed by atoms with E-state index in [4.69, 9.17) is 5.11 Å². The van der Waals surface area contributed by atoms with Gasteiger partial charge in [-0.05, 0) is 18.6 Å². The average Bonchev–Trinajstić information content (AvgIpc) is 2.47. The van der Waals surface area contributed by atoms with Crippen LogP contribution in [0.5, 0.6) is 5.75 Å². The summed E-state index contributed by atoms with van der Waals surface area (Å²) in [5.74, 6) is -1.09. The zero-order valence-electron chi connectivity index (χ0n) is 11.0. The molecular weight excluding hydrogens is 262 g/mol. The Morgan fingerprint density at radius 1 is 1.50 bits per heavy atom. The summed E-state index contributed by atoms with van der Waals surface area (Å²) in [7, 11) is 1.38. The van der Waals surface area contributed by atoms with Crippen molar-refractivity contribution in [2.75, 3.05) is 13.7 Å². The quantitative estimate of drug-likeness (QED) is 0.720. The minimum Gasteiger partial charge on any atom is -0.505 e. The van der Waals surface area contributed by atoms with E-state index in [2.05, 4.69) is 10.3 Å². The first kappa shape index (κ1) is 14.0. The molecule has 3 N–H and O–H groups in total. The third-order valence-electron chi connectivity index (χ3n) is 2.99. The molecule has 0 saturated carbocycles. The van der Waals surface area contributed by atoms with Gasteiger partial charge in [-0.25, -0.2) is 0 Å². The summed E-state index contributed by atoms with van der Waals surface area (Å²) in [6, 6.07) is 3.27. The van der Waals surface area contributed by atoms with Gasteiger partial charge in [0.2, 0.25) is 0 Å². The highest BCUT2D eigenvalue weighted by Crippen LogP contribution is 2.24. The number of fused-ring (bicyclic) bond motifs is 1.